The molecule has 3 fully saturated rings. The predicted octanol–water partition coefficient (Wildman–Crippen LogP) is 4.13. The Bertz CT molecular complexity index is 887. The van der Waals surface area contributed by atoms with E-state index in [0.717, 1.165) is 43.4 Å². The minimum Gasteiger partial charge on any atom is -0.348 e. The van der Waals surface area contributed by atoms with Gasteiger partial charge < -0.3 is 10.6 Å². The maximum atomic E-state index is 13.4. The minimum atomic E-state index is -0.0743. The van der Waals surface area contributed by atoms with E-state index in [4.69, 9.17) is 0 Å². The summed E-state index contributed by atoms with van der Waals surface area (Å²) in [4.78, 5) is 13.4. The maximum absolute atomic E-state index is 13.4. The number of nitriles is 1. The van der Waals surface area contributed by atoms with Gasteiger partial charge in [-0.15, -0.1) is 0 Å². The molecule has 0 radical (unpaired) electrons. The molecule has 1 saturated heterocycles. The number of carbonyl (C=O) groups is 1. The third kappa shape index (κ3) is 3.77. The van der Waals surface area contributed by atoms with Crippen molar-refractivity contribution < 1.29 is 4.79 Å². The molecule has 1 amide bonds. The first kappa shape index (κ1) is 19.0. The molecule has 0 aromatic heterocycles. The summed E-state index contributed by atoms with van der Waals surface area (Å²) in [6.45, 7) is 5.81. The van der Waals surface area contributed by atoms with Crippen LogP contribution in [-0.2, 0) is 11.3 Å². The van der Waals surface area contributed by atoms with E-state index in [1.807, 2.05) is 18.2 Å². The number of benzene rings is 1. The van der Waals surface area contributed by atoms with Crippen molar-refractivity contribution in [3.8, 4) is 6.07 Å². The highest BCUT2D eigenvalue weighted by atomic mass is 16.1. The van der Waals surface area contributed by atoms with Crippen LogP contribution in [0.3, 0.4) is 0 Å². The van der Waals surface area contributed by atoms with E-state index in [1.54, 1.807) is 6.07 Å². The molecule has 4 nitrogen and oxygen atoms in total. The van der Waals surface area contributed by atoms with Gasteiger partial charge in [-0.3, -0.25) is 4.79 Å². The van der Waals surface area contributed by atoms with Gasteiger partial charge in [0.15, 0.2) is 0 Å². The van der Waals surface area contributed by atoms with E-state index in [-0.39, 0.29) is 11.4 Å². The van der Waals surface area contributed by atoms with Crippen LogP contribution in [0.4, 0.5) is 0 Å². The topological polar surface area (TPSA) is 64.9 Å². The van der Waals surface area contributed by atoms with Gasteiger partial charge >= 0.3 is 0 Å². The Morgan fingerprint density at radius 1 is 1.32 bits per heavy atom. The Hall–Kier alpha value is -2.38. The molecule has 2 aliphatic carbocycles. The van der Waals surface area contributed by atoms with Crippen molar-refractivity contribution in [3.63, 3.8) is 0 Å². The zero-order valence-electron chi connectivity index (χ0n) is 16.9. The second-order valence-corrected chi connectivity index (χ2v) is 8.61. The summed E-state index contributed by atoms with van der Waals surface area (Å²) in [6.07, 6.45) is 6.85. The van der Waals surface area contributed by atoms with Crippen LogP contribution in [0.5, 0.6) is 0 Å². The molecular formula is C24H29N3O. The third-order valence-electron chi connectivity index (χ3n) is 6.43. The Balaban J connectivity index is 1.67. The molecular weight excluding hydrogens is 346 g/mol. The van der Waals surface area contributed by atoms with E-state index >= 15 is 0 Å². The van der Waals surface area contributed by atoms with Crippen LogP contribution in [0.15, 0.2) is 46.6 Å². The zero-order chi connectivity index (χ0) is 19.7. The van der Waals surface area contributed by atoms with Gasteiger partial charge in [-0.25, -0.2) is 0 Å². The lowest BCUT2D eigenvalue weighted by Gasteiger charge is -2.31. The van der Waals surface area contributed by atoms with Gasteiger partial charge in [-0.05, 0) is 87.6 Å². The van der Waals surface area contributed by atoms with Crippen LogP contribution in [-0.4, -0.2) is 18.0 Å². The summed E-state index contributed by atoms with van der Waals surface area (Å²) in [5.41, 5.74) is 6.26. The quantitative estimate of drug-likeness (QED) is 0.735. The highest BCUT2D eigenvalue weighted by Crippen LogP contribution is 2.48. The minimum absolute atomic E-state index is 0.0152. The fraction of sp³-hybridized carbons (Fsp3) is 0.500. The Labute approximate surface area is 167 Å². The molecule has 1 aliphatic heterocycles. The lowest BCUT2D eigenvalue weighted by Crippen LogP contribution is -2.42. The van der Waals surface area contributed by atoms with E-state index < -0.39 is 0 Å². The largest absolute Gasteiger partial charge is 0.348 e. The van der Waals surface area contributed by atoms with Crippen LogP contribution in [0.1, 0.15) is 63.5 Å². The normalized spacial score (nSPS) is 24.4. The van der Waals surface area contributed by atoms with E-state index in [0.29, 0.717) is 18.0 Å². The molecule has 3 aliphatic rings. The summed E-state index contributed by atoms with van der Waals surface area (Å²) >= 11 is 0. The fourth-order valence-corrected chi connectivity index (χ4v) is 4.58. The van der Waals surface area contributed by atoms with Crippen LogP contribution >= 0.6 is 0 Å². The molecule has 4 rings (SSSR count). The van der Waals surface area contributed by atoms with Crippen LogP contribution in [0.25, 0.3) is 0 Å². The van der Waals surface area contributed by atoms with Crippen molar-refractivity contribution >= 4 is 5.91 Å². The van der Waals surface area contributed by atoms with Gasteiger partial charge in [-0.1, -0.05) is 23.8 Å². The number of hydrogen-bond acceptors (Lipinski definition) is 3. The van der Waals surface area contributed by atoms with Crippen molar-refractivity contribution in [2.75, 3.05) is 6.54 Å². The standard InChI is InChI=1S/C24H29N3O/c1-16(17-8-9-17)21(22(18-10-11-18)24(2)12-5-13-27-24)23(28)26-15-20-7-4-3-6-19(20)14-25/h3-4,6-7,18,27H,5,8-13,15H2,1-2H3,(H,26,28)/b22-21-. The number of hydrogen-bond donors (Lipinski definition) is 2. The molecule has 0 bridgehead atoms. The number of rotatable bonds is 6. The number of nitrogens with zero attached hydrogens (tertiary/aromatic N) is 1. The van der Waals surface area contributed by atoms with Crippen LogP contribution in [0, 0.1) is 17.2 Å². The van der Waals surface area contributed by atoms with Gasteiger partial charge in [0.25, 0.3) is 5.91 Å². The Kier molecular flexibility index (Phi) is 5.12. The van der Waals surface area contributed by atoms with E-state index in [9.17, 15) is 10.1 Å². The molecule has 146 valence electrons. The highest BCUT2D eigenvalue weighted by molar-refractivity contribution is 5.99. The second-order valence-electron chi connectivity index (χ2n) is 8.61. The predicted molar refractivity (Wildman–Crippen MR) is 110 cm³/mol. The first-order chi connectivity index (χ1) is 13.5. The number of carbonyl (C=O) groups excluding carboxylic acids is 1. The van der Waals surface area contributed by atoms with Gasteiger partial charge in [0.05, 0.1) is 11.6 Å². The second kappa shape index (κ2) is 7.56. The van der Waals surface area contributed by atoms with Gasteiger partial charge in [-0.2, -0.15) is 5.26 Å². The molecule has 1 heterocycles. The highest BCUT2D eigenvalue weighted by Gasteiger charge is 2.44. The average Bonchev–Trinajstić information content (AvgIpc) is 3.62. The van der Waals surface area contributed by atoms with Crippen molar-refractivity contribution in [2.24, 2.45) is 5.92 Å². The fourth-order valence-electron chi connectivity index (χ4n) is 4.58. The monoisotopic (exact) mass is 375 g/mol. The molecule has 1 aromatic rings. The number of nitrogens with one attached hydrogen (secondary N) is 2. The maximum Gasteiger partial charge on any atom is 0.251 e. The molecule has 1 unspecified atom stereocenters. The van der Waals surface area contributed by atoms with E-state index in [2.05, 4.69) is 30.6 Å². The SMILES string of the molecule is CC(=C1CC1)/C(C(=O)NCc1ccccc1C#N)=C(\C1CC1)C1(C)CCCN1. The van der Waals surface area contributed by atoms with Crippen LogP contribution < -0.4 is 10.6 Å². The third-order valence-corrected chi connectivity index (χ3v) is 6.43. The summed E-state index contributed by atoms with van der Waals surface area (Å²) < 4.78 is 0. The molecule has 28 heavy (non-hydrogen) atoms. The lowest BCUT2D eigenvalue weighted by molar-refractivity contribution is -0.117. The molecule has 1 aromatic carbocycles. The number of allylic oxidation sites excluding steroid dienone is 1. The zero-order valence-corrected chi connectivity index (χ0v) is 16.9. The summed E-state index contributed by atoms with van der Waals surface area (Å²) in [5.74, 6) is 0.540. The lowest BCUT2D eigenvalue weighted by atomic mass is 9.81. The Morgan fingerprint density at radius 2 is 2.07 bits per heavy atom. The van der Waals surface area contributed by atoms with Crippen LogP contribution in [0.2, 0.25) is 0 Å². The van der Waals surface area contributed by atoms with E-state index in [1.165, 1.54) is 29.6 Å². The van der Waals surface area contributed by atoms with Crippen molar-refractivity contribution in [2.45, 2.75) is 64.5 Å². The summed E-state index contributed by atoms with van der Waals surface area (Å²) in [6, 6.07) is 9.70. The molecule has 2 N–H and O–H groups in total. The summed E-state index contributed by atoms with van der Waals surface area (Å²) in [7, 11) is 0. The number of amides is 1. The summed E-state index contributed by atoms with van der Waals surface area (Å²) in [5, 5.41) is 16.1. The average molecular weight is 376 g/mol. The smallest absolute Gasteiger partial charge is 0.251 e. The van der Waals surface area contributed by atoms with Gasteiger partial charge in [0, 0.05) is 17.7 Å². The molecule has 4 heteroatoms. The van der Waals surface area contributed by atoms with Crippen molar-refractivity contribution in [3.05, 3.63) is 57.7 Å². The molecule has 0 spiro atoms. The Morgan fingerprint density at radius 3 is 2.68 bits per heavy atom. The first-order valence-corrected chi connectivity index (χ1v) is 10.5. The molecule has 2 saturated carbocycles. The van der Waals surface area contributed by atoms with Gasteiger partial charge in [0.1, 0.15) is 0 Å². The van der Waals surface area contributed by atoms with Crippen molar-refractivity contribution in [1.29, 1.82) is 5.26 Å². The first-order valence-electron chi connectivity index (χ1n) is 10.5. The van der Waals surface area contributed by atoms with Gasteiger partial charge in [0.2, 0.25) is 0 Å². The van der Waals surface area contributed by atoms with Crippen molar-refractivity contribution in [1.82, 2.24) is 10.6 Å². The molecule has 1 atom stereocenters.